The zero-order chi connectivity index (χ0) is 28.3. The van der Waals surface area contributed by atoms with Crippen molar-refractivity contribution in [2.75, 3.05) is 0 Å². The first-order valence-corrected chi connectivity index (χ1v) is 15.0. The van der Waals surface area contributed by atoms with E-state index in [1.165, 1.54) is 20.0 Å². The number of phosphoric ester groups is 1. The maximum absolute atomic E-state index is 12.8. The first kappa shape index (κ1) is 32.9. The van der Waals surface area contributed by atoms with E-state index in [2.05, 4.69) is 19.5 Å². The molecule has 0 heterocycles. The van der Waals surface area contributed by atoms with E-state index >= 15 is 0 Å². The molecule has 1 fully saturated rings. The number of hydrogen-bond donors (Lipinski definition) is 6. The van der Waals surface area contributed by atoms with Crippen LogP contribution in [0.1, 0.15) is 40.5 Å². The minimum atomic E-state index is -5.75. The Morgan fingerprint density at radius 3 is 2.28 bits per heavy atom. The summed E-state index contributed by atoms with van der Waals surface area (Å²) in [6.07, 6.45) is 4.23. The van der Waals surface area contributed by atoms with Gasteiger partial charge in [-0.05, 0) is 33.6 Å². The molecule has 36 heavy (non-hydrogen) atoms. The summed E-state index contributed by atoms with van der Waals surface area (Å²) >= 11 is 6.56. The van der Waals surface area contributed by atoms with Gasteiger partial charge in [0.25, 0.3) is 0 Å². The van der Waals surface area contributed by atoms with Crippen LogP contribution in [0.5, 0.6) is 0 Å². The van der Waals surface area contributed by atoms with E-state index in [1.807, 2.05) is 6.92 Å². The number of amides is 2. The Morgan fingerprint density at radius 2 is 1.83 bits per heavy atom. The van der Waals surface area contributed by atoms with Gasteiger partial charge in [-0.25, -0.2) is 18.5 Å². The fourth-order valence-corrected chi connectivity index (χ4v) is 7.01. The standard InChI is InChI=1S/C17H29ClN3O12P3/c1-6-10(3)9-21(16(23)20-12(5)19)14-8-13(15(22)17(14,18)7-2)11(4)31-35(27,28)33-36(29,30)32-34(24,25)26/h2,9,11,13-15,22H,6,8H2,1,3-5H3,(H,27,28)(H,29,30)(H2,19,20,23)(H2,24,25,26)/b10-9+. The van der Waals surface area contributed by atoms with Crippen LogP contribution < -0.4 is 5.73 Å². The third-order valence-corrected chi connectivity index (χ3v) is 9.61. The lowest BCUT2D eigenvalue weighted by molar-refractivity contribution is 0.0327. The number of terminal acetylenes is 1. The molecule has 0 spiro atoms. The van der Waals surface area contributed by atoms with Crippen LogP contribution in [0.25, 0.3) is 0 Å². The van der Waals surface area contributed by atoms with Crippen molar-refractivity contribution in [3.05, 3.63) is 11.8 Å². The smallest absolute Gasteiger partial charge is 0.390 e. The van der Waals surface area contributed by atoms with Crippen LogP contribution in [0.4, 0.5) is 4.79 Å². The molecular weight excluding hydrogens is 567 g/mol. The normalized spacial score (nSPS) is 29.6. The quantitative estimate of drug-likeness (QED) is 0.0698. The number of carbonyl (C=O) groups is 1. The Kier molecular flexibility index (Phi) is 11.1. The second-order valence-corrected chi connectivity index (χ2v) is 12.9. The second kappa shape index (κ2) is 12.2. The van der Waals surface area contributed by atoms with Crippen molar-refractivity contribution in [3.63, 3.8) is 0 Å². The predicted molar refractivity (Wildman–Crippen MR) is 128 cm³/mol. The molecule has 15 nitrogen and oxygen atoms in total. The van der Waals surface area contributed by atoms with Crippen LogP contribution in [-0.4, -0.2) is 64.6 Å². The largest absolute Gasteiger partial charge is 0.490 e. The number of halogens is 1. The SMILES string of the molecule is C#CC1(Cl)C(O)C(C(C)OP(=O)(O)OP(=O)(O)OP(=O)(O)O)CC1N(/C=C(\C)CC)C(=O)/N=C(\C)N. The van der Waals surface area contributed by atoms with E-state index in [-0.39, 0.29) is 12.3 Å². The summed E-state index contributed by atoms with van der Waals surface area (Å²) in [7, 11) is -16.8. The van der Waals surface area contributed by atoms with Gasteiger partial charge >= 0.3 is 29.5 Å². The number of nitrogens with zero attached hydrogens (tertiary/aromatic N) is 2. The lowest BCUT2D eigenvalue weighted by Gasteiger charge is -2.33. The number of rotatable bonds is 10. The van der Waals surface area contributed by atoms with E-state index in [9.17, 15) is 33.4 Å². The van der Waals surface area contributed by atoms with Crippen molar-refractivity contribution in [3.8, 4) is 12.3 Å². The van der Waals surface area contributed by atoms with Gasteiger partial charge in [-0.2, -0.15) is 13.6 Å². The number of aliphatic hydroxyl groups is 1. The molecule has 0 saturated heterocycles. The van der Waals surface area contributed by atoms with Gasteiger partial charge in [-0.3, -0.25) is 9.42 Å². The maximum Gasteiger partial charge on any atom is 0.490 e. The lowest BCUT2D eigenvalue weighted by Crippen LogP contribution is -2.50. The topological polar surface area (TPSA) is 239 Å². The Morgan fingerprint density at radius 1 is 1.28 bits per heavy atom. The van der Waals surface area contributed by atoms with Gasteiger partial charge < -0.3 is 30.4 Å². The molecule has 7 unspecified atom stereocenters. The Bertz CT molecular complexity index is 1080. The number of aliphatic imine (C=N–C) groups is 1. The van der Waals surface area contributed by atoms with E-state index in [1.54, 1.807) is 6.92 Å². The minimum absolute atomic E-state index is 0.0652. The Labute approximate surface area is 212 Å². The predicted octanol–water partition coefficient (Wildman–Crippen LogP) is 2.19. The van der Waals surface area contributed by atoms with Crippen LogP contribution in [0.15, 0.2) is 16.8 Å². The molecule has 206 valence electrons. The van der Waals surface area contributed by atoms with Gasteiger partial charge in [0.15, 0.2) is 4.87 Å². The van der Waals surface area contributed by atoms with E-state index in [4.69, 9.17) is 38.1 Å². The zero-order valence-corrected chi connectivity index (χ0v) is 23.1. The minimum Gasteiger partial charge on any atom is -0.390 e. The van der Waals surface area contributed by atoms with Gasteiger partial charge in [-0.15, -0.1) is 6.42 Å². The summed E-state index contributed by atoms with van der Waals surface area (Å²) in [4.78, 5) is 52.1. The van der Waals surface area contributed by atoms with Crippen molar-refractivity contribution in [2.24, 2.45) is 16.6 Å². The molecule has 0 aromatic heterocycles. The molecular formula is C17H29ClN3O12P3. The van der Waals surface area contributed by atoms with Crippen LogP contribution >= 0.6 is 35.1 Å². The molecule has 0 bridgehead atoms. The summed E-state index contributed by atoms with van der Waals surface area (Å²) in [6, 6.07) is -1.96. The number of allylic oxidation sites excluding steroid dienone is 1. The third kappa shape index (κ3) is 9.03. The number of urea groups is 1. The summed E-state index contributed by atoms with van der Waals surface area (Å²) in [5.74, 6) is 1.02. The molecule has 0 aromatic carbocycles. The molecule has 1 saturated carbocycles. The Hall–Kier alpha value is -1.10. The average Bonchev–Trinajstić information content (AvgIpc) is 2.93. The average molecular weight is 596 g/mol. The van der Waals surface area contributed by atoms with Gasteiger partial charge in [0.2, 0.25) is 0 Å². The van der Waals surface area contributed by atoms with Crippen LogP contribution in [0.3, 0.4) is 0 Å². The number of aliphatic hydroxyl groups excluding tert-OH is 1. The van der Waals surface area contributed by atoms with Crippen molar-refractivity contribution < 1.29 is 56.3 Å². The van der Waals surface area contributed by atoms with Gasteiger partial charge in [0.1, 0.15) is 5.84 Å². The molecule has 1 aliphatic rings. The zero-order valence-electron chi connectivity index (χ0n) is 19.7. The van der Waals surface area contributed by atoms with E-state index < -0.39 is 58.5 Å². The molecule has 19 heteroatoms. The van der Waals surface area contributed by atoms with Crippen LogP contribution in [0.2, 0.25) is 0 Å². The van der Waals surface area contributed by atoms with Crippen LogP contribution in [0, 0.1) is 18.3 Å². The molecule has 0 aliphatic heterocycles. The number of hydrogen-bond acceptors (Lipinski definition) is 8. The number of nitrogens with two attached hydrogens (primary N) is 1. The Balaban J connectivity index is 3.31. The number of phosphoric acid groups is 3. The van der Waals surface area contributed by atoms with Gasteiger partial charge in [0.05, 0.1) is 18.2 Å². The summed E-state index contributed by atoms with van der Waals surface area (Å²) < 4.78 is 46.8. The summed E-state index contributed by atoms with van der Waals surface area (Å²) in [6.45, 7) is 6.08. The first-order valence-electron chi connectivity index (χ1n) is 10.1. The maximum atomic E-state index is 12.8. The fraction of sp³-hybridized carbons (Fsp3) is 0.647. The fourth-order valence-electron chi connectivity index (χ4n) is 3.42. The van der Waals surface area contributed by atoms with Crippen molar-refractivity contribution in [2.45, 2.75) is 63.7 Å². The first-order chi connectivity index (χ1) is 16.2. The number of alkyl halides is 1. The molecule has 0 aromatic rings. The molecule has 0 radical (unpaired) electrons. The highest BCUT2D eigenvalue weighted by Gasteiger charge is 2.58. The second-order valence-electron chi connectivity index (χ2n) is 7.95. The lowest BCUT2D eigenvalue weighted by atomic mass is 9.96. The highest BCUT2D eigenvalue weighted by atomic mass is 35.5. The van der Waals surface area contributed by atoms with Crippen LogP contribution in [-0.2, 0) is 26.8 Å². The molecule has 2 amide bonds. The highest BCUT2D eigenvalue weighted by Crippen LogP contribution is 2.67. The van der Waals surface area contributed by atoms with Gasteiger partial charge in [0, 0.05) is 12.1 Å². The van der Waals surface area contributed by atoms with Crippen molar-refractivity contribution >= 4 is 46.9 Å². The highest BCUT2D eigenvalue weighted by molar-refractivity contribution is 7.66. The summed E-state index contributed by atoms with van der Waals surface area (Å²) in [5, 5.41) is 10.9. The van der Waals surface area contributed by atoms with Crippen molar-refractivity contribution in [1.82, 2.24) is 4.90 Å². The third-order valence-electron chi connectivity index (χ3n) is 5.10. The molecule has 7 N–H and O–H groups in total. The molecule has 7 atom stereocenters. The number of carbonyl (C=O) groups excluding carboxylic acids is 1. The monoisotopic (exact) mass is 595 g/mol. The molecule has 1 rings (SSSR count). The van der Waals surface area contributed by atoms with Crippen molar-refractivity contribution in [1.29, 1.82) is 0 Å². The van der Waals surface area contributed by atoms with E-state index in [0.717, 1.165) is 4.90 Å². The number of amidine groups is 1. The summed E-state index contributed by atoms with van der Waals surface area (Å²) in [5.41, 5.74) is 6.23. The van der Waals surface area contributed by atoms with Gasteiger partial charge in [-0.1, -0.05) is 30.0 Å². The molecule has 1 aliphatic carbocycles. The van der Waals surface area contributed by atoms with E-state index in [0.29, 0.717) is 12.0 Å².